The van der Waals surface area contributed by atoms with Crippen LogP contribution in [0.1, 0.15) is 59.5 Å². The van der Waals surface area contributed by atoms with Crippen LogP contribution in [0.4, 0.5) is 19.0 Å². The molecule has 5 nitrogen and oxygen atoms in total. The fourth-order valence-electron chi connectivity index (χ4n) is 3.31. The quantitative estimate of drug-likeness (QED) is 0.857. The number of aromatic nitrogens is 2. The molecule has 0 saturated carbocycles. The van der Waals surface area contributed by atoms with Crippen molar-refractivity contribution >= 4 is 11.8 Å². The molecule has 1 aromatic heterocycles. The molecule has 0 aliphatic carbocycles. The van der Waals surface area contributed by atoms with Gasteiger partial charge in [-0.3, -0.25) is 0 Å². The van der Waals surface area contributed by atoms with Crippen LogP contribution in [-0.4, -0.2) is 34.1 Å². The van der Waals surface area contributed by atoms with Crippen LogP contribution in [0.2, 0.25) is 0 Å². The number of carbonyl (C=O) groups is 1. The van der Waals surface area contributed by atoms with Gasteiger partial charge in [0.15, 0.2) is 0 Å². The van der Waals surface area contributed by atoms with Crippen molar-refractivity contribution in [1.29, 1.82) is 0 Å². The summed E-state index contributed by atoms with van der Waals surface area (Å²) in [4.78, 5) is 20.6. The van der Waals surface area contributed by atoms with E-state index < -0.39 is 18.0 Å². The molecule has 0 spiro atoms. The Labute approximate surface area is 154 Å². The first-order chi connectivity index (χ1) is 12.7. The summed E-state index contributed by atoms with van der Waals surface area (Å²) < 4.78 is 39.5. The second-order valence-electron chi connectivity index (χ2n) is 6.95. The molecule has 1 atom stereocenters. The molecule has 2 heterocycles. The zero-order valence-electron chi connectivity index (χ0n) is 15.0. The van der Waals surface area contributed by atoms with Crippen molar-refractivity contribution in [3.05, 3.63) is 53.0 Å². The van der Waals surface area contributed by atoms with E-state index in [1.54, 1.807) is 49.1 Å². The number of hydrogen-bond acceptors (Lipinski definition) is 4. The van der Waals surface area contributed by atoms with Gasteiger partial charge in [0.25, 0.3) is 0 Å². The number of nitrogens with zero attached hydrogens (tertiary/aromatic N) is 3. The molecule has 0 unspecified atom stereocenters. The number of benzene rings is 1. The van der Waals surface area contributed by atoms with Crippen LogP contribution in [0.25, 0.3) is 0 Å². The third-order valence-electron chi connectivity index (χ3n) is 4.72. The molecule has 0 radical (unpaired) electrons. The monoisotopic (exact) mass is 379 g/mol. The lowest BCUT2D eigenvalue weighted by atomic mass is 9.93. The number of alkyl halides is 3. The van der Waals surface area contributed by atoms with E-state index in [4.69, 9.17) is 0 Å². The van der Waals surface area contributed by atoms with Gasteiger partial charge < -0.3 is 10.0 Å². The molecule has 1 aromatic carbocycles. The molecule has 1 fully saturated rings. The first-order valence-electron chi connectivity index (χ1n) is 8.70. The average molecular weight is 379 g/mol. The molecule has 0 bridgehead atoms. The van der Waals surface area contributed by atoms with Gasteiger partial charge in [0.05, 0.1) is 5.56 Å². The molecule has 144 valence electrons. The SMILES string of the molecule is CC(C)c1cc(N2CC[C@@H](c3ccccc3C(=O)O)C2)nc(C(F)(F)F)n1. The first-order valence-corrected chi connectivity index (χ1v) is 8.70. The lowest BCUT2D eigenvalue weighted by Gasteiger charge is -2.21. The molecule has 1 saturated heterocycles. The van der Waals surface area contributed by atoms with Gasteiger partial charge >= 0.3 is 12.1 Å². The molecule has 27 heavy (non-hydrogen) atoms. The van der Waals surface area contributed by atoms with E-state index in [-0.39, 0.29) is 23.2 Å². The molecule has 3 rings (SSSR count). The Morgan fingerprint density at radius 2 is 1.96 bits per heavy atom. The number of carboxylic acid groups (broad SMARTS) is 1. The van der Waals surface area contributed by atoms with Gasteiger partial charge in [-0.25, -0.2) is 14.8 Å². The summed E-state index contributed by atoms with van der Waals surface area (Å²) in [5, 5.41) is 9.37. The Kier molecular flexibility index (Phi) is 5.08. The lowest BCUT2D eigenvalue weighted by Crippen LogP contribution is -2.24. The largest absolute Gasteiger partial charge is 0.478 e. The van der Waals surface area contributed by atoms with E-state index in [0.29, 0.717) is 30.8 Å². The Balaban J connectivity index is 1.91. The highest BCUT2D eigenvalue weighted by atomic mass is 19.4. The van der Waals surface area contributed by atoms with Gasteiger partial charge in [-0.15, -0.1) is 0 Å². The highest BCUT2D eigenvalue weighted by Gasteiger charge is 2.37. The fourth-order valence-corrected chi connectivity index (χ4v) is 3.31. The molecule has 1 aliphatic heterocycles. The molecule has 2 aromatic rings. The van der Waals surface area contributed by atoms with Gasteiger partial charge in [0.1, 0.15) is 5.82 Å². The minimum atomic E-state index is -4.62. The van der Waals surface area contributed by atoms with Gasteiger partial charge in [0, 0.05) is 30.8 Å². The molecule has 0 amide bonds. The van der Waals surface area contributed by atoms with Crippen molar-refractivity contribution in [3.8, 4) is 0 Å². The maximum atomic E-state index is 13.2. The summed E-state index contributed by atoms with van der Waals surface area (Å²) in [7, 11) is 0. The first kappa shape index (κ1) is 19.1. The van der Waals surface area contributed by atoms with E-state index in [2.05, 4.69) is 9.97 Å². The predicted octanol–water partition coefficient (Wildman–Crippen LogP) is 4.31. The molecule has 1 N–H and O–H groups in total. The van der Waals surface area contributed by atoms with Crippen molar-refractivity contribution in [1.82, 2.24) is 9.97 Å². The summed E-state index contributed by atoms with van der Waals surface area (Å²) in [6.07, 6.45) is -3.97. The summed E-state index contributed by atoms with van der Waals surface area (Å²) in [5.74, 6) is -2.16. The molecular formula is C19H20F3N3O2. The highest BCUT2D eigenvalue weighted by Crippen LogP contribution is 2.34. The number of hydrogen-bond donors (Lipinski definition) is 1. The van der Waals surface area contributed by atoms with Crippen molar-refractivity contribution in [2.75, 3.05) is 18.0 Å². The minimum Gasteiger partial charge on any atom is -0.478 e. The Morgan fingerprint density at radius 3 is 2.59 bits per heavy atom. The third kappa shape index (κ3) is 4.04. The number of carboxylic acids is 1. The maximum Gasteiger partial charge on any atom is 0.451 e. The van der Waals surface area contributed by atoms with Crippen molar-refractivity contribution < 1.29 is 23.1 Å². The van der Waals surface area contributed by atoms with Crippen molar-refractivity contribution in [2.45, 2.75) is 38.3 Å². The van der Waals surface area contributed by atoms with Gasteiger partial charge in [-0.1, -0.05) is 32.0 Å². The Bertz CT molecular complexity index is 852. The molecule has 8 heteroatoms. The Hall–Kier alpha value is -2.64. The zero-order chi connectivity index (χ0) is 19.8. The Morgan fingerprint density at radius 1 is 1.26 bits per heavy atom. The maximum absolute atomic E-state index is 13.2. The highest BCUT2D eigenvalue weighted by molar-refractivity contribution is 5.89. The van der Waals surface area contributed by atoms with Crippen LogP contribution in [0.3, 0.4) is 0 Å². The van der Waals surface area contributed by atoms with Crippen LogP contribution >= 0.6 is 0 Å². The van der Waals surface area contributed by atoms with Crippen LogP contribution in [0.15, 0.2) is 30.3 Å². The van der Waals surface area contributed by atoms with Crippen molar-refractivity contribution in [2.24, 2.45) is 0 Å². The standard InChI is InChI=1S/C19H20F3N3O2/c1-11(2)15-9-16(24-18(23-15)19(20,21)22)25-8-7-12(10-25)13-5-3-4-6-14(13)17(26)27/h3-6,9,11-12H,7-8,10H2,1-2H3,(H,26,27)/t12-/m1/s1. The number of rotatable bonds is 4. The van der Waals surface area contributed by atoms with E-state index in [0.717, 1.165) is 0 Å². The summed E-state index contributed by atoms with van der Waals surface area (Å²) in [6.45, 7) is 4.48. The van der Waals surface area contributed by atoms with Gasteiger partial charge in [-0.05, 0) is 24.0 Å². The summed E-state index contributed by atoms with van der Waals surface area (Å²) >= 11 is 0. The third-order valence-corrected chi connectivity index (χ3v) is 4.72. The van der Waals surface area contributed by atoms with Crippen LogP contribution in [0.5, 0.6) is 0 Å². The second-order valence-corrected chi connectivity index (χ2v) is 6.95. The topological polar surface area (TPSA) is 66.3 Å². The van der Waals surface area contributed by atoms with Crippen LogP contribution in [0, 0.1) is 0 Å². The van der Waals surface area contributed by atoms with E-state index >= 15 is 0 Å². The minimum absolute atomic E-state index is 0.0795. The summed E-state index contributed by atoms with van der Waals surface area (Å²) in [5.41, 5.74) is 1.26. The van der Waals surface area contributed by atoms with Gasteiger partial charge in [0.2, 0.25) is 5.82 Å². The fraction of sp³-hybridized carbons (Fsp3) is 0.421. The van der Waals surface area contributed by atoms with Crippen LogP contribution in [-0.2, 0) is 6.18 Å². The van der Waals surface area contributed by atoms with Crippen LogP contribution < -0.4 is 4.90 Å². The normalized spacial score (nSPS) is 17.6. The van der Waals surface area contributed by atoms with Gasteiger partial charge in [-0.2, -0.15) is 13.2 Å². The lowest BCUT2D eigenvalue weighted by molar-refractivity contribution is -0.145. The second kappa shape index (κ2) is 7.17. The smallest absolute Gasteiger partial charge is 0.451 e. The number of anilines is 1. The zero-order valence-corrected chi connectivity index (χ0v) is 15.0. The number of halogens is 3. The number of aromatic carboxylic acids is 1. The average Bonchev–Trinajstić information content (AvgIpc) is 3.10. The summed E-state index contributed by atoms with van der Waals surface area (Å²) in [6, 6.07) is 8.33. The molecular weight excluding hydrogens is 359 g/mol. The predicted molar refractivity (Wildman–Crippen MR) is 94.1 cm³/mol. The van der Waals surface area contributed by atoms with Crippen molar-refractivity contribution in [3.63, 3.8) is 0 Å². The van der Waals surface area contributed by atoms with E-state index in [9.17, 15) is 23.1 Å². The molecule has 1 aliphatic rings. The van der Waals surface area contributed by atoms with E-state index in [1.165, 1.54) is 0 Å². The van der Waals surface area contributed by atoms with E-state index in [1.807, 2.05) is 0 Å².